The Morgan fingerprint density at radius 2 is 1.50 bits per heavy atom. The van der Waals surface area contributed by atoms with Gasteiger partial charge in [0, 0.05) is 17.2 Å². The van der Waals surface area contributed by atoms with E-state index in [1.807, 2.05) is 12.1 Å². The summed E-state index contributed by atoms with van der Waals surface area (Å²) < 4.78 is 5.86. The average Bonchev–Trinajstić information content (AvgIpc) is 3.07. The third-order valence-corrected chi connectivity index (χ3v) is 3.40. The minimum atomic E-state index is -1.64. The zero-order valence-corrected chi connectivity index (χ0v) is 11.6. The van der Waals surface area contributed by atoms with Gasteiger partial charge in [0.25, 0.3) is 5.60 Å². The molecular weight excluding hydrogens is 280 g/mol. The lowest BCUT2D eigenvalue weighted by molar-refractivity contribution is -0.152. The number of benzene rings is 2. The van der Waals surface area contributed by atoms with Gasteiger partial charge in [-0.25, -0.2) is 9.89 Å². The summed E-state index contributed by atoms with van der Waals surface area (Å²) >= 11 is 0. The number of nitrogens with one attached hydrogen (secondary N) is 1. The van der Waals surface area contributed by atoms with Crippen molar-refractivity contribution in [2.75, 3.05) is 0 Å². The number of hydrogen-bond donors (Lipinski definition) is 2. The van der Waals surface area contributed by atoms with E-state index >= 15 is 0 Å². The van der Waals surface area contributed by atoms with Crippen molar-refractivity contribution < 1.29 is 14.6 Å². The molecule has 1 aromatic heterocycles. The normalized spacial score (nSPS) is 11.1. The van der Waals surface area contributed by atoms with Crippen molar-refractivity contribution >= 4 is 5.97 Å². The van der Waals surface area contributed by atoms with Crippen LogP contribution in [0.1, 0.15) is 11.1 Å². The van der Waals surface area contributed by atoms with E-state index in [9.17, 15) is 9.90 Å². The molecule has 3 aromatic rings. The molecule has 5 heteroatoms. The summed E-state index contributed by atoms with van der Waals surface area (Å²) in [5.41, 5.74) is -0.582. The predicted molar refractivity (Wildman–Crippen MR) is 80.5 cm³/mol. The summed E-state index contributed by atoms with van der Waals surface area (Å²) in [4.78, 5) is 12.2. The molecule has 5 nitrogen and oxygen atoms in total. The second-order valence-electron chi connectivity index (χ2n) is 4.74. The number of carboxylic acid groups (broad SMARTS) is 1. The Morgan fingerprint density at radius 1 is 0.955 bits per heavy atom. The molecule has 0 spiro atoms. The number of hydrogen-bond acceptors (Lipinski definition) is 3. The smallest absolute Gasteiger partial charge is 0.357 e. The summed E-state index contributed by atoms with van der Waals surface area (Å²) in [6, 6.07) is 19.3. The van der Waals surface area contributed by atoms with Crippen LogP contribution in [-0.4, -0.2) is 21.3 Å². The highest BCUT2D eigenvalue weighted by Gasteiger charge is 2.45. The van der Waals surface area contributed by atoms with Gasteiger partial charge in [0.05, 0.1) is 6.20 Å². The van der Waals surface area contributed by atoms with Crippen molar-refractivity contribution in [3.8, 4) is 5.88 Å². The zero-order chi connectivity index (χ0) is 15.4. The van der Waals surface area contributed by atoms with Crippen LogP contribution in [0.4, 0.5) is 0 Å². The Hall–Kier alpha value is -3.08. The van der Waals surface area contributed by atoms with Crippen molar-refractivity contribution in [3.63, 3.8) is 0 Å². The van der Waals surface area contributed by atoms with Gasteiger partial charge in [-0.1, -0.05) is 60.7 Å². The number of H-pyrrole nitrogens is 1. The second-order valence-corrected chi connectivity index (χ2v) is 4.74. The van der Waals surface area contributed by atoms with Gasteiger partial charge in [-0.05, 0) is 0 Å². The van der Waals surface area contributed by atoms with Crippen molar-refractivity contribution in [1.29, 1.82) is 0 Å². The lowest BCUT2D eigenvalue weighted by Crippen LogP contribution is -2.43. The van der Waals surface area contributed by atoms with Crippen molar-refractivity contribution in [2.45, 2.75) is 5.60 Å². The summed E-state index contributed by atoms with van der Waals surface area (Å²) in [7, 11) is 0. The first-order valence-corrected chi connectivity index (χ1v) is 6.76. The van der Waals surface area contributed by atoms with Gasteiger partial charge in [-0.15, -0.1) is 0 Å². The minimum absolute atomic E-state index is 0.287. The van der Waals surface area contributed by atoms with Crippen molar-refractivity contribution in [2.24, 2.45) is 0 Å². The monoisotopic (exact) mass is 294 g/mol. The largest absolute Gasteiger partial charge is 0.478 e. The Balaban J connectivity index is 2.21. The molecule has 0 bridgehead atoms. The molecule has 22 heavy (non-hydrogen) atoms. The molecule has 110 valence electrons. The van der Waals surface area contributed by atoms with E-state index in [0.29, 0.717) is 11.1 Å². The Morgan fingerprint density at radius 3 is 1.91 bits per heavy atom. The number of aromatic nitrogens is 2. The van der Waals surface area contributed by atoms with Crippen molar-refractivity contribution in [3.05, 3.63) is 84.1 Å². The maximum atomic E-state index is 12.2. The number of carbonyl (C=O) groups is 1. The average molecular weight is 294 g/mol. The number of carboxylic acids is 1. The quantitative estimate of drug-likeness (QED) is 0.758. The SMILES string of the molecule is O=C(O)C(Oc1ccn[nH]1)(c1ccccc1)c1ccccc1. The molecule has 3 rings (SSSR count). The number of rotatable bonds is 5. The van der Waals surface area contributed by atoms with E-state index in [0.717, 1.165) is 0 Å². The van der Waals surface area contributed by atoms with Crippen molar-refractivity contribution in [1.82, 2.24) is 10.2 Å². The third kappa shape index (κ3) is 2.33. The van der Waals surface area contributed by atoms with Crippen LogP contribution in [0.2, 0.25) is 0 Å². The van der Waals surface area contributed by atoms with Gasteiger partial charge in [0.2, 0.25) is 5.88 Å². The fourth-order valence-corrected chi connectivity index (χ4v) is 2.39. The van der Waals surface area contributed by atoms with Crippen LogP contribution in [-0.2, 0) is 10.4 Å². The van der Waals surface area contributed by atoms with Gasteiger partial charge in [-0.3, -0.25) is 0 Å². The van der Waals surface area contributed by atoms with Gasteiger partial charge >= 0.3 is 5.97 Å². The van der Waals surface area contributed by atoms with Crippen LogP contribution in [0.3, 0.4) is 0 Å². The second kappa shape index (κ2) is 5.73. The molecule has 1 heterocycles. The lowest BCUT2D eigenvalue weighted by Gasteiger charge is -2.30. The van der Waals surface area contributed by atoms with Gasteiger partial charge < -0.3 is 9.84 Å². The van der Waals surface area contributed by atoms with E-state index in [1.165, 1.54) is 6.20 Å². The highest BCUT2D eigenvalue weighted by atomic mass is 16.5. The number of aromatic amines is 1. The topological polar surface area (TPSA) is 75.2 Å². The fraction of sp³-hybridized carbons (Fsp3) is 0.0588. The molecule has 0 radical (unpaired) electrons. The van der Waals surface area contributed by atoms with E-state index in [4.69, 9.17) is 4.74 Å². The summed E-state index contributed by atoms with van der Waals surface area (Å²) in [5, 5.41) is 16.4. The minimum Gasteiger partial charge on any atom is -0.478 e. The standard InChI is InChI=1S/C17H14N2O3/c20-16(21)17(13-7-3-1-4-8-13,14-9-5-2-6-10-14)22-15-11-12-18-19-15/h1-12H,(H,18,19)(H,20,21). The van der Waals surface area contributed by atoms with Crippen LogP contribution < -0.4 is 4.74 Å². The van der Waals surface area contributed by atoms with E-state index in [-0.39, 0.29) is 5.88 Å². The van der Waals surface area contributed by atoms with Gasteiger partial charge in [-0.2, -0.15) is 5.10 Å². The Kier molecular flexibility index (Phi) is 3.62. The number of ether oxygens (including phenoxy) is 1. The third-order valence-electron chi connectivity index (χ3n) is 3.40. The molecule has 0 amide bonds. The lowest BCUT2D eigenvalue weighted by atomic mass is 9.86. The molecule has 2 aromatic carbocycles. The summed E-state index contributed by atoms with van der Waals surface area (Å²) in [6.07, 6.45) is 1.51. The van der Waals surface area contributed by atoms with Crippen LogP contribution in [0.25, 0.3) is 0 Å². The highest BCUT2D eigenvalue weighted by Crippen LogP contribution is 2.34. The van der Waals surface area contributed by atoms with E-state index in [1.54, 1.807) is 54.6 Å². The number of nitrogens with zero attached hydrogens (tertiary/aromatic N) is 1. The van der Waals surface area contributed by atoms with Crippen LogP contribution in [0.5, 0.6) is 5.88 Å². The first-order chi connectivity index (χ1) is 10.7. The van der Waals surface area contributed by atoms with Crippen LogP contribution >= 0.6 is 0 Å². The molecule has 0 fully saturated rings. The molecule has 0 aliphatic rings. The highest BCUT2D eigenvalue weighted by molar-refractivity contribution is 5.84. The predicted octanol–water partition coefficient (Wildman–Crippen LogP) is 2.82. The molecule has 0 atom stereocenters. The summed E-state index contributed by atoms with van der Waals surface area (Å²) in [5.74, 6) is -0.811. The molecule has 0 unspecified atom stereocenters. The number of aliphatic carboxylic acids is 1. The van der Waals surface area contributed by atoms with Crippen LogP contribution in [0.15, 0.2) is 72.9 Å². The van der Waals surface area contributed by atoms with Gasteiger partial charge in [0.15, 0.2) is 0 Å². The molecule has 0 aliphatic carbocycles. The van der Waals surface area contributed by atoms with Gasteiger partial charge in [0.1, 0.15) is 0 Å². The summed E-state index contributed by atoms with van der Waals surface area (Å²) in [6.45, 7) is 0. The Bertz CT molecular complexity index is 701. The molecule has 0 saturated carbocycles. The first kappa shape index (κ1) is 13.9. The molecule has 2 N–H and O–H groups in total. The van der Waals surface area contributed by atoms with E-state index in [2.05, 4.69) is 10.2 Å². The van der Waals surface area contributed by atoms with Crippen LogP contribution in [0, 0.1) is 0 Å². The maximum absolute atomic E-state index is 12.2. The maximum Gasteiger partial charge on any atom is 0.357 e. The van der Waals surface area contributed by atoms with E-state index < -0.39 is 11.6 Å². The zero-order valence-electron chi connectivity index (χ0n) is 11.6. The fourth-order valence-electron chi connectivity index (χ4n) is 2.39. The molecule has 0 saturated heterocycles. The molecule has 0 aliphatic heterocycles. The molecular formula is C17H14N2O3. The first-order valence-electron chi connectivity index (χ1n) is 6.76. The Labute approximate surface area is 127 Å².